The van der Waals surface area contributed by atoms with Crippen LogP contribution in [0, 0.1) is 0 Å². The van der Waals surface area contributed by atoms with Crippen LogP contribution in [0.3, 0.4) is 0 Å². The summed E-state index contributed by atoms with van der Waals surface area (Å²) in [6.45, 7) is 0. The van der Waals surface area contributed by atoms with Crippen molar-refractivity contribution in [3.63, 3.8) is 0 Å². The van der Waals surface area contributed by atoms with E-state index < -0.39 is 5.91 Å². The zero-order valence-corrected chi connectivity index (χ0v) is 17.5. The quantitative estimate of drug-likeness (QED) is 0.352. The average Bonchev–Trinajstić information content (AvgIpc) is 3.26. The van der Waals surface area contributed by atoms with Crippen molar-refractivity contribution >= 4 is 28.8 Å². The molecule has 3 aromatic carbocycles. The summed E-state index contributed by atoms with van der Waals surface area (Å²) in [5.41, 5.74) is 4.39. The molecule has 0 fully saturated rings. The van der Waals surface area contributed by atoms with Crippen LogP contribution in [-0.4, -0.2) is 25.6 Å². The van der Waals surface area contributed by atoms with Gasteiger partial charge in [0.25, 0.3) is 5.91 Å². The van der Waals surface area contributed by atoms with Gasteiger partial charge in [-0.2, -0.15) is 5.10 Å². The first-order valence-corrected chi connectivity index (χ1v) is 10.3. The lowest BCUT2D eigenvalue weighted by molar-refractivity contribution is 0.102. The number of benzene rings is 3. The summed E-state index contributed by atoms with van der Waals surface area (Å²) in [5.74, 6) is -0.561. The number of nitrogens with zero attached hydrogens (tertiary/aromatic N) is 3. The topological polar surface area (TPSA) is 79.5 Å². The van der Waals surface area contributed by atoms with E-state index in [9.17, 15) is 9.90 Å². The van der Waals surface area contributed by atoms with Gasteiger partial charge in [-0.1, -0.05) is 72.3 Å². The van der Waals surface area contributed by atoms with Crippen LogP contribution in [0.1, 0.15) is 10.5 Å². The molecule has 0 atom stereocenters. The maximum Gasteiger partial charge on any atom is 0.276 e. The zero-order valence-electron chi connectivity index (χ0n) is 16.7. The van der Waals surface area contributed by atoms with E-state index in [-0.39, 0.29) is 17.1 Å². The van der Waals surface area contributed by atoms with E-state index >= 15 is 0 Å². The standard InChI is InChI=1S/C25H17ClN4O2/c26-18-11-12-23(31)20(13-18)28-25(32)21-15-24-27-19(16-7-3-1-4-8-16)14-22(30(24)29-21)17-9-5-2-6-10-17/h1-15,31H,(H,28,32). The van der Waals surface area contributed by atoms with Gasteiger partial charge in [0.1, 0.15) is 5.75 Å². The molecule has 5 aromatic rings. The van der Waals surface area contributed by atoms with E-state index in [1.54, 1.807) is 16.6 Å². The lowest BCUT2D eigenvalue weighted by atomic mass is 10.1. The number of hydrogen-bond acceptors (Lipinski definition) is 4. The third-order valence-electron chi connectivity index (χ3n) is 5.01. The maximum absolute atomic E-state index is 12.9. The first-order chi connectivity index (χ1) is 15.6. The molecule has 2 N–H and O–H groups in total. The smallest absolute Gasteiger partial charge is 0.276 e. The van der Waals surface area contributed by atoms with Crippen molar-refractivity contribution in [3.05, 3.63) is 102 Å². The Morgan fingerprint density at radius 1 is 0.875 bits per heavy atom. The normalized spacial score (nSPS) is 10.9. The summed E-state index contributed by atoms with van der Waals surface area (Å²) in [4.78, 5) is 17.6. The fourth-order valence-electron chi connectivity index (χ4n) is 3.45. The number of rotatable bonds is 4. The second-order valence-electron chi connectivity index (χ2n) is 7.17. The van der Waals surface area contributed by atoms with E-state index in [0.29, 0.717) is 10.7 Å². The van der Waals surface area contributed by atoms with E-state index in [4.69, 9.17) is 16.6 Å². The molecule has 0 saturated carbocycles. The van der Waals surface area contributed by atoms with Crippen LogP contribution >= 0.6 is 11.6 Å². The third kappa shape index (κ3) is 3.79. The number of carbonyl (C=O) groups is 1. The van der Waals surface area contributed by atoms with Gasteiger partial charge in [0.2, 0.25) is 0 Å². The predicted octanol–water partition coefficient (Wildman–Crippen LogP) is 5.67. The highest BCUT2D eigenvalue weighted by atomic mass is 35.5. The van der Waals surface area contributed by atoms with E-state index in [1.165, 1.54) is 12.1 Å². The largest absolute Gasteiger partial charge is 0.506 e. The SMILES string of the molecule is O=C(Nc1cc(Cl)ccc1O)c1cc2nc(-c3ccccc3)cc(-c3ccccc3)n2n1. The second-order valence-corrected chi connectivity index (χ2v) is 7.61. The van der Waals surface area contributed by atoms with Gasteiger partial charge in [-0.3, -0.25) is 4.79 Å². The Morgan fingerprint density at radius 2 is 1.56 bits per heavy atom. The first-order valence-electron chi connectivity index (χ1n) is 9.90. The molecule has 0 aliphatic rings. The van der Waals surface area contributed by atoms with Gasteiger partial charge in [0, 0.05) is 22.2 Å². The van der Waals surface area contributed by atoms with Crippen molar-refractivity contribution in [2.75, 3.05) is 5.32 Å². The van der Waals surface area contributed by atoms with Gasteiger partial charge >= 0.3 is 0 Å². The Morgan fingerprint density at radius 3 is 2.28 bits per heavy atom. The Kier molecular flexibility index (Phi) is 5.05. The molecule has 7 heteroatoms. The number of phenols is 1. The van der Waals surface area contributed by atoms with Crippen LogP contribution in [0.15, 0.2) is 91.0 Å². The molecule has 0 bridgehead atoms. The summed E-state index contributed by atoms with van der Waals surface area (Å²) >= 11 is 5.98. The Labute approximate surface area is 188 Å². The zero-order chi connectivity index (χ0) is 22.1. The van der Waals surface area contributed by atoms with Crippen molar-refractivity contribution in [1.82, 2.24) is 14.6 Å². The monoisotopic (exact) mass is 440 g/mol. The summed E-state index contributed by atoms with van der Waals surface area (Å²) in [6.07, 6.45) is 0. The van der Waals surface area contributed by atoms with Crippen LogP contribution in [-0.2, 0) is 0 Å². The first kappa shape index (κ1) is 19.8. The highest BCUT2D eigenvalue weighted by Crippen LogP contribution is 2.29. The highest BCUT2D eigenvalue weighted by molar-refractivity contribution is 6.31. The Balaban J connectivity index is 1.62. The Hall–Kier alpha value is -4.16. The molecule has 0 radical (unpaired) electrons. The minimum absolute atomic E-state index is 0.0824. The van der Waals surface area contributed by atoms with Crippen LogP contribution < -0.4 is 5.32 Å². The van der Waals surface area contributed by atoms with Gasteiger partial charge in [-0.05, 0) is 24.3 Å². The number of aromatic nitrogens is 3. The number of nitrogens with one attached hydrogen (secondary N) is 1. The molecular weight excluding hydrogens is 424 g/mol. The molecule has 32 heavy (non-hydrogen) atoms. The van der Waals surface area contributed by atoms with Gasteiger partial charge in [0.05, 0.1) is 17.1 Å². The number of anilines is 1. The van der Waals surface area contributed by atoms with E-state index in [1.807, 2.05) is 66.7 Å². The molecule has 156 valence electrons. The second kappa shape index (κ2) is 8.17. The van der Waals surface area contributed by atoms with Crippen molar-refractivity contribution < 1.29 is 9.90 Å². The van der Waals surface area contributed by atoms with Gasteiger partial charge in [0.15, 0.2) is 11.3 Å². The predicted molar refractivity (Wildman–Crippen MR) is 125 cm³/mol. The summed E-state index contributed by atoms with van der Waals surface area (Å²) in [5, 5.41) is 17.6. The number of fused-ring (bicyclic) bond motifs is 1. The minimum atomic E-state index is -0.478. The lowest BCUT2D eigenvalue weighted by Crippen LogP contribution is -2.13. The third-order valence-corrected chi connectivity index (χ3v) is 5.24. The molecular formula is C25H17ClN4O2. The lowest BCUT2D eigenvalue weighted by Gasteiger charge is -2.08. The number of amides is 1. The molecule has 2 aromatic heterocycles. The maximum atomic E-state index is 12.9. The van der Waals surface area contributed by atoms with Crippen LogP contribution in [0.2, 0.25) is 5.02 Å². The molecule has 1 amide bonds. The summed E-state index contributed by atoms with van der Waals surface area (Å²) in [7, 11) is 0. The molecule has 0 aliphatic carbocycles. The molecule has 0 spiro atoms. The number of carbonyl (C=O) groups excluding carboxylic acids is 1. The molecule has 2 heterocycles. The van der Waals surface area contributed by atoms with Gasteiger partial charge < -0.3 is 10.4 Å². The van der Waals surface area contributed by atoms with Crippen molar-refractivity contribution in [2.24, 2.45) is 0 Å². The van der Waals surface area contributed by atoms with Gasteiger partial charge in [-0.15, -0.1) is 0 Å². The molecule has 0 unspecified atom stereocenters. The number of halogens is 1. The minimum Gasteiger partial charge on any atom is -0.506 e. The highest BCUT2D eigenvalue weighted by Gasteiger charge is 2.17. The van der Waals surface area contributed by atoms with Crippen LogP contribution in [0.25, 0.3) is 28.2 Å². The van der Waals surface area contributed by atoms with Crippen LogP contribution in [0.5, 0.6) is 5.75 Å². The molecule has 6 nitrogen and oxygen atoms in total. The van der Waals surface area contributed by atoms with Crippen LogP contribution in [0.4, 0.5) is 5.69 Å². The number of aromatic hydroxyl groups is 1. The van der Waals surface area contributed by atoms with Crippen molar-refractivity contribution in [3.8, 4) is 28.3 Å². The van der Waals surface area contributed by atoms with E-state index in [0.717, 1.165) is 22.5 Å². The number of phenolic OH excluding ortho intramolecular Hbond substituents is 1. The fraction of sp³-hybridized carbons (Fsp3) is 0. The molecule has 0 saturated heterocycles. The number of hydrogen-bond donors (Lipinski definition) is 2. The van der Waals surface area contributed by atoms with Crippen molar-refractivity contribution in [1.29, 1.82) is 0 Å². The average molecular weight is 441 g/mol. The fourth-order valence-corrected chi connectivity index (χ4v) is 3.62. The van der Waals surface area contributed by atoms with Crippen molar-refractivity contribution in [2.45, 2.75) is 0 Å². The van der Waals surface area contributed by atoms with E-state index in [2.05, 4.69) is 10.4 Å². The molecule has 5 rings (SSSR count). The summed E-state index contributed by atoms with van der Waals surface area (Å²) in [6, 6.07) is 27.6. The van der Waals surface area contributed by atoms with Gasteiger partial charge in [-0.25, -0.2) is 9.50 Å². The summed E-state index contributed by atoms with van der Waals surface area (Å²) < 4.78 is 1.65. The Bertz CT molecular complexity index is 1430. The molecule has 0 aliphatic heterocycles.